The number of ketones is 1. The van der Waals surface area contributed by atoms with E-state index in [0.717, 1.165) is 24.1 Å². The van der Waals surface area contributed by atoms with Gasteiger partial charge in [-0.05, 0) is 74.2 Å². The van der Waals surface area contributed by atoms with Gasteiger partial charge >= 0.3 is 0 Å². The normalized spacial score (nSPS) is 15.5. The van der Waals surface area contributed by atoms with Crippen LogP contribution >= 0.6 is 0 Å². The van der Waals surface area contributed by atoms with Crippen LogP contribution in [0, 0.1) is 5.92 Å². The molecule has 2 amide bonds. The molecule has 0 unspecified atom stereocenters. The summed E-state index contributed by atoms with van der Waals surface area (Å²) in [4.78, 5) is 37.8. The zero-order chi connectivity index (χ0) is 22.2. The molecule has 2 aromatic carbocycles. The lowest BCUT2D eigenvalue weighted by atomic mass is 10.1. The molecule has 1 aliphatic heterocycles. The number of nitrogens with one attached hydrogen (secondary N) is 1. The fourth-order valence-corrected chi connectivity index (χ4v) is 4.99. The molecule has 1 N–H and O–H groups in total. The molecule has 0 aromatic heterocycles. The Morgan fingerprint density at radius 2 is 1.77 bits per heavy atom. The van der Waals surface area contributed by atoms with Crippen LogP contribution < -0.4 is 10.2 Å². The number of benzene rings is 2. The first-order chi connectivity index (χ1) is 14.7. The quantitative estimate of drug-likeness (QED) is 0.667. The van der Waals surface area contributed by atoms with Crippen LogP contribution in [-0.4, -0.2) is 38.3 Å². The van der Waals surface area contributed by atoms with Crippen molar-refractivity contribution in [3.05, 3.63) is 53.6 Å². The van der Waals surface area contributed by atoms with E-state index < -0.39 is 15.7 Å². The number of nitrogens with zero attached hydrogens (tertiary/aromatic N) is 1. The Morgan fingerprint density at radius 1 is 1.06 bits per heavy atom. The summed E-state index contributed by atoms with van der Waals surface area (Å²) < 4.78 is 25.5. The number of anilines is 2. The van der Waals surface area contributed by atoms with Gasteiger partial charge in [0.2, 0.25) is 11.8 Å². The van der Waals surface area contributed by atoms with Gasteiger partial charge in [0.05, 0.1) is 10.6 Å². The molecule has 7 nitrogen and oxygen atoms in total. The summed E-state index contributed by atoms with van der Waals surface area (Å²) in [5.74, 6) is -0.554. The summed E-state index contributed by atoms with van der Waals surface area (Å²) in [6.07, 6.45) is 2.31. The number of carbonyl (C=O) groups is 3. The van der Waals surface area contributed by atoms with Crippen LogP contribution in [0.4, 0.5) is 11.4 Å². The molecular formula is C23H24N2O5S. The molecule has 4 rings (SSSR count). The average Bonchev–Trinajstić information content (AvgIpc) is 3.51. The number of hydrogen-bond acceptors (Lipinski definition) is 5. The van der Waals surface area contributed by atoms with Crippen molar-refractivity contribution in [2.24, 2.45) is 5.92 Å². The summed E-state index contributed by atoms with van der Waals surface area (Å²) in [5.41, 5.74) is 2.69. The molecule has 0 radical (unpaired) electrons. The van der Waals surface area contributed by atoms with E-state index in [9.17, 15) is 22.8 Å². The first kappa shape index (κ1) is 21.2. The van der Waals surface area contributed by atoms with Crippen molar-refractivity contribution in [1.29, 1.82) is 0 Å². The predicted molar refractivity (Wildman–Crippen MR) is 117 cm³/mol. The third-order valence-electron chi connectivity index (χ3n) is 5.67. The lowest BCUT2D eigenvalue weighted by Crippen LogP contribution is -2.30. The first-order valence-corrected chi connectivity index (χ1v) is 12.0. The maximum Gasteiger partial charge on any atom is 0.230 e. The third-order valence-corrected chi connectivity index (χ3v) is 7.39. The van der Waals surface area contributed by atoms with E-state index in [-0.39, 0.29) is 34.7 Å². The van der Waals surface area contributed by atoms with Crippen LogP contribution in [0.25, 0.3) is 0 Å². The molecule has 1 aliphatic carbocycles. The fraction of sp³-hybridized carbons (Fsp3) is 0.348. The van der Waals surface area contributed by atoms with Gasteiger partial charge in [-0.3, -0.25) is 14.4 Å². The number of rotatable bonds is 7. The van der Waals surface area contributed by atoms with Gasteiger partial charge in [0, 0.05) is 35.8 Å². The zero-order valence-electron chi connectivity index (χ0n) is 17.3. The van der Waals surface area contributed by atoms with Crippen LogP contribution in [0.15, 0.2) is 47.4 Å². The Morgan fingerprint density at radius 3 is 2.42 bits per heavy atom. The van der Waals surface area contributed by atoms with E-state index in [4.69, 9.17) is 0 Å². The minimum atomic E-state index is -3.64. The Balaban J connectivity index is 1.38. The minimum absolute atomic E-state index is 0.0710. The average molecular weight is 441 g/mol. The van der Waals surface area contributed by atoms with Crippen molar-refractivity contribution in [2.45, 2.75) is 37.5 Å². The SMILES string of the molecule is CC(=O)c1ccc(NC(=O)CCS(=O)(=O)c2ccc3c(c2)CCN3C(=O)C2CC2)cc1. The number of carbonyl (C=O) groups excluding carboxylic acids is 3. The van der Waals surface area contributed by atoms with Gasteiger partial charge in [-0.15, -0.1) is 0 Å². The second kappa shape index (κ2) is 8.26. The van der Waals surface area contributed by atoms with E-state index in [1.54, 1.807) is 41.3 Å². The molecule has 8 heteroatoms. The lowest BCUT2D eigenvalue weighted by molar-refractivity contribution is -0.119. The van der Waals surface area contributed by atoms with Crippen molar-refractivity contribution < 1.29 is 22.8 Å². The molecule has 1 fully saturated rings. The fourth-order valence-electron chi connectivity index (χ4n) is 3.71. The highest BCUT2D eigenvalue weighted by molar-refractivity contribution is 7.91. The van der Waals surface area contributed by atoms with Crippen molar-refractivity contribution in [3.8, 4) is 0 Å². The summed E-state index contributed by atoms with van der Waals surface area (Å²) in [7, 11) is -3.64. The summed E-state index contributed by atoms with van der Waals surface area (Å²) >= 11 is 0. The van der Waals surface area contributed by atoms with E-state index in [1.165, 1.54) is 13.0 Å². The largest absolute Gasteiger partial charge is 0.326 e. The molecule has 2 aliphatic rings. The van der Waals surface area contributed by atoms with Gasteiger partial charge in [0.1, 0.15) is 0 Å². The van der Waals surface area contributed by atoms with Crippen LogP contribution in [0.3, 0.4) is 0 Å². The van der Waals surface area contributed by atoms with Crippen LogP contribution in [0.2, 0.25) is 0 Å². The molecule has 1 saturated carbocycles. The lowest BCUT2D eigenvalue weighted by Gasteiger charge is -2.17. The van der Waals surface area contributed by atoms with Gasteiger partial charge in [-0.2, -0.15) is 0 Å². The summed E-state index contributed by atoms with van der Waals surface area (Å²) in [6.45, 7) is 2.04. The predicted octanol–water partition coefficient (Wildman–Crippen LogP) is 2.99. The van der Waals surface area contributed by atoms with Crippen molar-refractivity contribution >= 4 is 38.8 Å². The number of amides is 2. The van der Waals surface area contributed by atoms with E-state index in [0.29, 0.717) is 24.2 Å². The maximum atomic E-state index is 12.7. The van der Waals surface area contributed by atoms with Gasteiger partial charge in [0.15, 0.2) is 15.6 Å². The Hall–Kier alpha value is -3.00. The second-order valence-corrected chi connectivity index (χ2v) is 10.2. The van der Waals surface area contributed by atoms with E-state index in [2.05, 4.69) is 5.32 Å². The molecule has 0 saturated heterocycles. The molecule has 0 spiro atoms. The van der Waals surface area contributed by atoms with Gasteiger partial charge in [-0.1, -0.05) is 0 Å². The molecule has 31 heavy (non-hydrogen) atoms. The van der Waals surface area contributed by atoms with E-state index in [1.807, 2.05) is 0 Å². The summed E-state index contributed by atoms with van der Waals surface area (Å²) in [5, 5.41) is 2.65. The van der Waals surface area contributed by atoms with Crippen LogP contribution in [0.1, 0.15) is 42.1 Å². The maximum absolute atomic E-state index is 12.7. The van der Waals surface area contributed by atoms with Gasteiger partial charge in [-0.25, -0.2) is 8.42 Å². The molecule has 162 valence electrons. The van der Waals surface area contributed by atoms with Gasteiger partial charge in [0.25, 0.3) is 0 Å². The highest BCUT2D eigenvalue weighted by atomic mass is 32.2. The Bertz CT molecular complexity index is 1150. The summed E-state index contributed by atoms with van der Waals surface area (Å²) in [6, 6.07) is 11.3. The first-order valence-electron chi connectivity index (χ1n) is 10.3. The van der Waals surface area contributed by atoms with Gasteiger partial charge < -0.3 is 10.2 Å². The second-order valence-electron chi connectivity index (χ2n) is 8.06. The third kappa shape index (κ3) is 4.69. The molecule has 2 aromatic rings. The number of fused-ring (bicyclic) bond motifs is 1. The molecule has 1 heterocycles. The highest BCUT2D eigenvalue weighted by Gasteiger charge is 2.36. The molecule has 0 atom stereocenters. The van der Waals surface area contributed by atoms with Crippen molar-refractivity contribution in [2.75, 3.05) is 22.5 Å². The van der Waals surface area contributed by atoms with Crippen LogP contribution in [-0.2, 0) is 25.8 Å². The topological polar surface area (TPSA) is 101 Å². The van der Waals surface area contributed by atoms with Crippen LogP contribution in [0.5, 0.6) is 0 Å². The Labute approximate surface area is 181 Å². The molecule has 0 bridgehead atoms. The smallest absolute Gasteiger partial charge is 0.230 e. The number of Topliss-reactive ketones (excluding diaryl/α,β-unsaturated/α-hetero) is 1. The van der Waals surface area contributed by atoms with E-state index >= 15 is 0 Å². The Kier molecular flexibility index (Phi) is 5.66. The zero-order valence-corrected chi connectivity index (χ0v) is 18.1. The standard InChI is InChI=1S/C23H24N2O5S/c1-15(26)16-4-6-19(7-5-16)24-22(27)11-13-31(29,30)20-8-9-21-18(14-20)10-12-25(21)23(28)17-2-3-17/h4-9,14,17H,2-3,10-13H2,1H3,(H,24,27). The monoisotopic (exact) mass is 440 g/mol. The molecular weight excluding hydrogens is 416 g/mol. The van der Waals surface area contributed by atoms with Crippen molar-refractivity contribution in [1.82, 2.24) is 0 Å². The number of sulfone groups is 1. The minimum Gasteiger partial charge on any atom is -0.326 e. The van der Waals surface area contributed by atoms with Crippen molar-refractivity contribution in [3.63, 3.8) is 0 Å². The number of hydrogen-bond donors (Lipinski definition) is 1. The highest BCUT2D eigenvalue weighted by Crippen LogP contribution is 2.37.